The van der Waals surface area contributed by atoms with Gasteiger partial charge in [-0.25, -0.2) is 0 Å². The van der Waals surface area contributed by atoms with Crippen LogP contribution in [0.1, 0.15) is 25.3 Å². The van der Waals surface area contributed by atoms with E-state index >= 15 is 0 Å². The van der Waals surface area contributed by atoms with Gasteiger partial charge in [0.25, 0.3) is 0 Å². The predicted octanol–water partition coefficient (Wildman–Crippen LogP) is 4.60. The van der Waals surface area contributed by atoms with E-state index in [1.807, 2.05) is 6.92 Å². The summed E-state index contributed by atoms with van der Waals surface area (Å²) in [5.41, 5.74) is 1.28. The van der Waals surface area contributed by atoms with Crippen molar-refractivity contribution >= 4 is 28.0 Å². The zero-order valence-electron chi connectivity index (χ0n) is 11.0. The third kappa shape index (κ3) is 6.78. The molecule has 4 heteroatoms. The van der Waals surface area contributed by atoms with Gasteiger partial charge in [0.2, 0.25) is 0 Å². The van der Waals surface area contributed by atoms with Crippen LogP contribution in [0.2, 0.25) is 0 Å². The predicted molar refractivity (Wildman–Crippen MR) is 81.4 cm³/mol. The molecular formula is C14H21BrO2S. The summed E-state index contributed by atoms with van der Waals surface area (Å²) in [5, 5.41) is 1.01. The first-order chi connectivity index (χ1) is 8.76. The molecule has 1 aliphatic rings. The molecule has 1 saturated heterocycles. The summed E-state index contributed by atoms with van der Waals surface area (Å²) >= 11 is 4.78. The standard InChI is InChI=1S/C9H12OS.C5H9BrO/c1-3-10-11-9-6-4-8(2)5-7-9;6-4-5-2-1-3-7-5/h4-7H,3H2,1-2H3;5H,1-4H2. The van der Waals surface area contributed by atoms with Crippen molar-refractivity contribution in [1.82, 2.24) is 0 Å². The molecule has 1 heterocycles. The van der Waals surface area contributed by atoms with Gasteiger partial charge in [-0.05, 0) is 38.8 Å². The quantitative estimate of drug-likeness (QED) is 0.593. The van der Waals surface area contributed by atoms with E-state index < -0.39 is 0 Å². The van der Waals surface area contributed by atoms with Crippen molar-refractivity contribution in [2.45, 2.75) is 37.7 Å². The highest BCUT2D eigenvalue weighted by Gasteiger charge is 2.12. The molecule has 2 nitrogen and oxygen atoms in total. The molecule has 1 aromatic carbocycles. The Morgan fingerprint density at radius 3 is 2.56 bits per heavy atom. The fraction of sp³-hybridized carbons (Fsp3) is 0.571. The van der Waals surface area contributed by atoms with Gasteiger partial charge in [-0.15, -0.1) is 0 Å². The van der Waals surface area contributed by atoms with Crippen LogP contribution >= 0.6 is 28.0 Å². The number of ether oxygens (including phenoxy) is 1. The number of aryl methyl sites for hydroxylation is 1. The fourth-order valence-corrected chi connectivity index (χ4v) is 2.50. The molecule has 0 saturated carbocycles. The van der Waals surface area contributed by atoms with Gasteiger partial charge in [0, 0.05) is 28.9 Å². The van der Waals surface area contributed by atoms with Gasteiger partial charge >= 0.3 is 0 Å². The van der Waals surface area contributed by atoms with E-state index in [4.69, 9.17) is 8.92 Å². The van der Waals surface area contributed by atoms with Gasteiger partial charge in [0.05, 0.1) is 12.7 Å². The maximum atomic E-state index is 5.26. The van der Waals surface area contributed by atoms with Crippen LogP contribution in [0.4, 0.5) is 0 Å². The topological polar surface area (TPSA) is 18.5 Å². The highest BCUT2D eigenvalue weighted by atomic mass is 79.9. The second-order valence-corrected chi connectivity index (χ2v) is 5.61. The molecule has 102 valence electrons. The molecule has 0 aromatic heterocycles. The third-order valence-corrected chi connectivity index (χ3v) is 4.03. The first kappa shape index (κ1) is 16.0. The first-order valence-corrected chi connectivity index (χ1v) is 8.16. The summed E-state index contributed by atoms with van der Waals surface area (Å²) in [5.74, 6) is 0. The van der Waals surface area contributed by atoms with Crippen molar-refractivity contribution in [2.75, 3.05) is 18.5 Å². The lowest BCUT2D eigenvalue weighted by Gasteiger charge is -2.00. The molecule has 18 heavy (non-hydrogen) atoms. The van der Waals surface area contributed by atoms with Crippen LogP contribution in [-0.2, 0) is 8.92 Å². The number of rotatable bonds is 4. The van der Waals surface area contributed by atoms with Crippen LogP contribution in [0.3, 0.4) is 0 Å². The van der Waals surface area contributed by atoms with Gasteiger partial charge in [-0.3, -0.25) is 0 Å². The summed E-state index contributed by atoms with van der Waals surface area (Å²) in [7, 11) is 0. The highest BCUT2D eigenvalue weighted by molar-refractivity contribution is 9.09. The normalized spacial score (nSPS) is 18.3. The second-order valence-electron chi connectivity index (χ2n) is 4.09. The number of alkyl halides is 1. The molecule has 0 spiro atoms. The molecule has 1 unspecified atom stereocenters. The largest absolute Gasteiger partial charge is 0.377 e. The lowest BCUT2D eigenvalue weighted by molar-refractivity contribution is 0.129. The summed E-state index contributed by atoms with van der Waals surface area (Å²) in [4.78, 5) is 1.16. The van der Waals surface area contributed by atoms with Crippen LogP contribution in [0.5, 0.6) is 0 Å². The average Bonchev–Trinajstić information content (AvgIpc) is 2.92. The van der Waals surface area contributed by atoms with Gasteiger partial charge in [-0.1, -0.05) is 33.6 Å². The third-order valence-electron chi connectivity index (χ3n) is 2.49. The Labute approximate surface area is 123 Å². The van der Waals surface area contributed by atoms with Crippen LogP contribution in [-0.4, -0.2) is 24.6 Å². The molecule has 0 aliphatic carbocycles. The van der Waals surface area contributed by atoms with Gasteiger partial charge < -0.3 is 8.92 Å². The summed E-state index contributed by atoms with van der Waals surface area (Å²) in [6.45, 7) is 5.78. The molecule has 0 amide bonds. The summed E-state index contributed by atoms with van der Waals surface area (Å²) in [6.07, 6.45) is 3.00. The molecule has 0 N–H and O–H groups in total. The smallest absolute Gasteiger partial charge is 0.0672 e. The van der Waals surface area contributed by atoms with E-state index in [1.54, 1.807) is 0 Å². The average molecular weight is 333 g/mol. The van der Waals surface area contributed by atoms with Gasteiger partial charge in [0.1, 0.15) is 0 Å². The Kier molecular flexibility index (Phi) is 8.76. The Morgan fingerprint density at radius 1 is 1.39 bits per heavy atom. The molecule has 1 atom stereocenters. The van der Waals surface area contributed by atoms with Crippen LogP contribution in [0.15, 0.2) is 29.2 Å². The fourth-order valence-electron chi connectivity index (χ4n) is 1.49. The Morgan fingerprint density at radius 2 is 2.11 bits per heavy atom. The van der Waals surface area contributed by atoms with Crippen LogP contribution in [0, 0.1) is 6.92 Å². The molecule has 1 aromatic rings. The minimum absolute atomic E-state index is 0.514. The number of hydrogen-bond donors (Lipinski definition) is 0. The van der Waals surface area contributed by atoms with E-state index in [0.29, 0.717) is 6.10 Å². The van der Waals surface area contributed by atoms with Crippen molar-refractivity contribution in [2.24, 2.45) is 0 Å². The number of hydrogen-bond acceptors (Lipinski definition) is 3. The van der Waals surface area contributed by atoms with Gasteiger partial charge in [0.15, 0.2) is 0 Å². The van der Waals surface area contributed by atoms with E-state index in [2.05, 4.69) is 47.1 Å². The maximum Gasteiger partial charge on any atom is 0.0672 e. The minimum atomic E-state index is 0.514. The zero-order valence-corrected chi connectivity index (χ0v) is 13.4. The molecular weight excluding hydrogens is 312 g/mol. The first-order valence-electron chi connectivity index (χ1n) is 6.30. The number of halogens is 1. The molecule has 0 bridgehead atoms. The van der Waals surface area contributed by atoms with E-state index in [9.17, 15) is 0 Å². The minimum Gasteiger partial charge on any atom is -0.377 e. The molecule has 1 fully saturated rings. The number of benzene rings is 1. The summed E-state index contributed by atoms with van der Waals surface area (Å²) < 4.78 is 10.4. The maximum absolute atomic E-state index is 5.26. The SMILES string of the molecule is BrCC1CCCO1.CCOSc1ccc(C)cc1. The van der Waals surface area contributed by atoms with Crippen molar-refractivity contribution in [3.63, 3.8) is 0 Å². The van der Waals surface area contributed by atoms with E-state index in [0.717, 1.165) is 23.4 Å². The molecule has 1 aliphatic heterocycles. The van der Waals surface area contributed by atoms with E-state index in [-0.39, 0.29) is 0 Å². The second kappa shape index (κ2) is 9.84. The molecule has 0 radical (unpaired) electrons. The van der Waals surface area contributed by atoms with Crippen molar-refractivity contribution < 1.29 is 8.92 Å². The lowest BCUT2D eigenvalue weighted by atomic mass is 10.2. The molecule has 2 rings (SSSR count). The van der Waals surface area contributed by atoms with Gasteiger partial charge in [-0.2, -0.15) is 0 Å². The summed E-state index contributed by atoms with van der Waals surface area (Å²) in [6, 6.07) is 8.30. The Balaban J connectivity index is 0.000000199. The van der Waals surface area contributed by atoms with Crippen LogP contribution < -0.4 is 0 Å². The lowest BCUT2D eigenvalue weighted by Crippen LogP contribution is -2.04. The van der Waals surface area contributed by atoms with E-state index in [1.165, 1.54) is 30.4 Å². The monoisotopic (exact) mass is 332 g/mol. The van der Waals surface area contributed by atoms with Crippen molar-refractivity contribution in [3.8, 4) is 0 Å². The zero-order chi connectivity index (χ0) is 13.2. The van der Waals surface area contributed by atoms with Crippen molar-refractivity contribution in [1.29, 1.82) is 0 Å². The highest BCUT2D eigenvalue weighted by Crippen LogP contribution is 2.18. The Bertz CT molecular complexity index is 310. The van der Waals surface area contributed by atoms with Crippen molar-refractivity contribution in [3.05, 3.63) is 29.8 Å². The van der Waals surface area contributed by atoms with Crippen LogP contribution in [0.25, 0.3) is 0 Å². The Hall–Kier alpha value is -0.0300.